The summed E-state index contributed by atoms with van der Waals surface area (Å²) in [5, 5.41) is 3.25. The predicted octanol–water partition coefficient (Wildman–Crippen LogP) is 4.56. The molecule has 0 aliphatic heterocycles. The van der Waals surface area contributed by atoms with Gasteiger partial charge in [-0.3, -0.25) is 4.79 Å². The van der Waals surface area contributed by atoms with Crippen LogP contribution in [0.5, 0.6) is 5.75 Å². The minimum Gasteiger partial charge on any atom is -0.496 e. The lowest BCUT2D eigenvalue weighted by atomic mass is 9.98. The van der Waals surface area contributed by atoms with Crippen LogP contribution in [0.1, 0.15) is 21.5 Å². The number of carbonyl (C=O) groups is 1. The smallest absolute Gasteiger partial charge is 0.197 e. The average Bonchev–Trinajstić information content (AvgIpc) is 2.63. The van der Waals surface area contributed by atoms with Gasteiger partial charge in [-0.1, -0.05) is 36.4 Å². The van der Waals surface area contributed by atoms with Crippen molar-refractivity contribution in [3.63, 3.8) is 0 Å². The van der Waals surface area contributed by atoms with Crippen LogP contribution in [0.4, 0.5) is 17.1 Å². The third-order valence-electron chi connectivity index (χ3n) is 4.08. The van der Waals surface area contributed by atoms with Gasteiger partial charge >= 0.3 is 0 Å². The molecule has 0 amide bonds. The number of hydrogen-bond acceptors (Lipinski definition) is 4. The van der Waals surface area contributed by atoms with Crippen molar-refractivity contribution in [1.29, 1.82) is 0 Å². The highest BCUT2D eigenvalue weighted by Crippen LogP contribution is 2.29. The maximum Gasteiger partial charge on any atom is 0.197 e. The summed E-state index contributed by atoms with van der Waals surface area (Å²) in [5.41, 5.74) is 10.4. The van der Waals surface area contributed by atoms with Gasteiger partial charge in [-0.2, -0.15) is 0 Å². The van der Waals surface area contributed by atoms with Crippen LogP contribution in [-0.4, -0.2) is 12.9 Å². The quantitative estimate of drug-likeness (QED) is 0.531. The number of ketones is 1. The van der Waals surface area contributed by atoms with E-state index in [-0.39, 0.29) is 5.78 Å². The first kappa shape index (κ1) is 16.6. The predicted molar refractivity (Wildman–Crippen MR) is 102 cm³/mol. The number of rotatable bonds is 5. The molecule has 3 aromatic rings. The Morgan fingerprint density at radius 1 is 0.960 bits per heavy atom. The van der Waals surface area contributed by atoms with Crippen molar-refractivity contribution in [2.45, 2.75) is 6.92 Å². The van der Waals surface area contributed by atoms with Crippen LogP contribution in [-0.2, 0) is 0 Å². The molecule has 0 aliphatic rings. The van der Waals surface area contributed by atoms with E-state index in [4.69, 9.17) is 10.5 Å². The molecule has 3 N–H and O–H groups in total. The zero-order valence-electron chi connectivity index (χ0n) is 14.2. The molecule has 0 bridgehead atoms. The van der Waals surface area contributed by atoms with Crippen molar-refractivity contribution in [3.05, 3.63) is 83.4 Å². The summed E-state index contributed by atoms with van der Waals surface area (Å²) in [4.78, 5) is 12.9. The van der Waals surface area contributed by atoms with Gasteiger partial charge in [0.25, 0.3) is 0 Å². The number of para-hydroxylation sites is 2. The van der Waals surface area contributed by atoms with Gasteiger partial charge in [0.05, 0.1) is 24.0 Å². The molecule has 3 aromatic carbocycles. The van der Waals surface area contributed by atoms with E-state index in [1.807, 2.05) is 61.5 Å². The van der Waals surface area contributed by atoms with E-state index in [0.29, 0.717) is 22.6 Å². The Balaban J connectivity index is 1.94. The molecule has 25 heavy (non-hydrogen) atoms. The Kier molecular flexibility index (Phi) is 4.70. The van der Waals surface area contributed by atoms with Crippen molar-refractivity contribution in [1.82, 2.24) is 0 Å². The molecule has 0 unspecified atom stereocenters. The Labute approximate surface area is 147 Å². The summed E-state index contributed by atoms with van der Waals surface area (Å²) >= 11 is 0. The number of aryl methyl sites for hydroxylation is 1. The summed E-state index contributed by atoms with van der Waals surface area (Å²) in [5.74, 6) is 0.466. The average molecular weight is 332 g/mol. The molecule has 0 aliphatic carbocycles. The zero-order valence-corrected chi connectivity index (χ0v) is 14.2. The zero-order chi connectivity index (χ0) is 17.8. The maximum atomic E-state index is 12.9. The second-order valence-electron chi connectivity index (χ2n) is 5.77. The molecule has 3 rings (SSSR count). The first-order chi connectivity index (χ1) is 12.1. The van der Waals surface area contributed by atoms with E-state index < -0.39 is 0 Å². The van der Waals surface area contributed by atoms with Crippen LogP contribution < -0.4 is 15.8 Å². The largest absolute Gasteiger partial charge is 0.496 e. The highest BCUT2D eigenvalue weighted by atomic mass is 16.5. The van der Waals surface area contributed by atoms with Gasteiger partial charge in [0.2, 0.25) is 0 Å². The highest BCUT2D eigenvalue weighted by Gasteiger charge is 2.16. The Bertz CT molecular complexity index is 919. The van der Waals surface area contributed by atoms with Crippen molar-refractivity contribution < 1.29 is 9.53 Å². The fourth-order valence-corrected chi connectivity index (χ4v) is 2.70. The molecule has 0 radical (unpaired) electrons. The third-order valence-corrected chi connectivity index (χ3v) is 4.08. The number of ether oxygens (including phenoxy) is 1. The lowest BCUT2D eigenvalue weighted by molar-refractivity contribution is 0.103. The molecule has 4 heteroatoms. The maximum absolute atomic E-state index is 12.9. The van der Waals surface area contributed by atoms with Gasteiger partial charge < -0.3 is 15.8 Å². The van der Waals surface area contributed by atoms with E-state index in [1.165, 1.54) is 0 Å². The standard InChI is InChI=1S/C21H20N2O2/c1-14-7-3-4-8-16(14)21(24)17-12-11-15(13-20(17)25-2)23-19-10-6-5-9-18(19)22/h3-13,23H,22H2,1-2H3. The summed E-state index contributed by atoms with van der Waals surface area (Å²) in [6, 6.07) is 20.5. The van der Waals surface area contributed by atoms with Gasteiger partial charge in [-0.05, 0) is 36.8 Å². The molecule has 0 aromatic heterocycles. The molecule has 0 atom stereocenters. The number of nitrogen functional groups attached to an aromatic ring is 1. The Morgan fingerprint density at radius 3 is 2.40 bits per heavy atom. The molecule has 0 fully saturated rings. The van der Waals surface area contributed by atoms with Crippen LogP contribution in [0, 0.1) is 6.92 Å². The second kappa shape index (κ2) is 7.09. The number of nitrogens with one attached hydrogen (secondary N) is 1. The Morgan fingerprint density at radius 2 is 1.68 bits per heavy atom. The second-order valence-corrected chi connectivity index (χ2v) is 5.77. The molecule has 0 saturated heterocycles. The van der Waals surface area contributed by atoms with E-state index in [2.05, 4.69) is 5.32 Å². The molecule has 0 heterocycles. The minimum absolute atomic E-state index is 0.0549. The Hall–Kier alpha value is -3.27. The monoisotopic (exact) mass is 332 g/mol. The number of anilines is 3. The van der Waals surface area contributed by atoms with Gasteiger partial charge in [-0.15, -0.1) is 0 Å². The van der Waals surface area contributed by atoms with E-state index in [9.17, 15) is 4.79 Å². The molecular formula is C21H20N2O2. The summed E-state index contributed by atoms with van der Waals surface area (Å²) in [6.07, 6.45) is 0. The van der Waals surface area contributed by atoms with E-state index >= 15 is 0 Å². The van der Waals surface area contributed by atoms with Crippen molar-refractivity contribution >= 4 is 22.8 Å². The fourth-order valence-electron chi connectivity index (χ4n) is 2.70. The van der Waals surface area contributed by atoms with Crippen LogP contribution in [0.3, 0.4) is 0 Å². The number of methoxy groups -OCH3 is 1. The lowest BCUT2D eigenvalue weighted by Gasteiger charge is -2.13. The normalized spacial score (nSPS) is 10.3. The van der Waals surface area contributed by atoms with Crippen LogP contribution in [0.2, 0.25) is 0 Å². The van der Waals surface area contributed by atoms with Gasteiger partial charge in [0, 0.05) is 17.3 Å². The first-order valence-electron chi connectivity index (χ1n) is 8.00. The van der Waals surface area contributed by atoms with Gasteiger partial charge in [0.15, 0.2) is 5.78 Å². The highest BCUT2D eigenvalue weighted by molar-refractivity contribution is 6.11. The first-order valence-corrected chi connectivity index (χ1v) is 8.00. The SMILES string of the molecule is COc1cc(Nc2ccccc2N)ccc1C(=O)c1ccccc1C. The minimum atomic E-state index is -0.0549. The van der Waals surface area contributed by atoms with Crippen LogP contribution in [0.15, 0.2) is 66.7 Å². The van der Waals surface area contributed by atoms with Gasteiger partial charge in [-0.25, -0.2) is 0 Å². The number of hydrogen-bond donors (Lipinski definition) is 2. The summed E-state index contributed by atoms with van der Waals surface area (Å²) < 4.78 is 5.44. The lowest BCUT2D eigenvalue weighted by Crippen LogP contribution is -2.06. The number of carbonyl (C=O) groups excluding carboxylic acids is 1. The van der Waals surface area contributed by atoms with Gasteiger partial charge in [0.1, 0.15) is 5.75 Å². The van der Waals surface area contributed by atoms with Crippen molar-refractivity contribution in [3.8, 4) is 5.75 Å². The van der Waals surface area contributed by atoms with E-state index in [0.717, 1.165) is 16.9 Å². The molecule has 126 valence electrons. The van der Waals surface area contributed by atoms with Crippen molar-refractivity contribution in [2.75, 3.05) is 18.2 Å². The van der Waals surface area contributed by atoms with Crippen molar-refractivity contribution in [2.24, 2.45) is 0 Å². The van der Waals surface area contributed by atoms with E-state index in [1.54, 1.807) is 19.2 Å². The molecule has 4 nitrogen and oxygen atoms in total. The fraction of sp³-hybridized carbons (Fsp3) is 0.0952. The molecular weight excluding hydrogens is 312 g/mol. The number of nitrogens with two attached hydrogens (primary N) is 1. The third kappa shape index (κ3) is 3.48. The molecule has 0 spiro atoms. The van der Waals surface area contributed by atoms with Crippen LogP contribution in [0.25, 0.3) is 0 Å². The number of benzene rings is 3. The topological polar surface area (TPSA) is 64.3 Å². The summed E-state index contributed by atoms with van der Waals surface area (Å²) in [6.45, 7) is 1.92. The molecule has 0 saturated carbocycles. The van der Waals surface area contributed by atoms with Crippen LogP contribution >= 0.6 is 0 Å². The summed E-state index contributed by atoms with van der Waals surface area (Å²) in [7, 11) is 1.56.